The molecule has 4 N–H and O–H groups in total. The van der Waals surface area contributed by atoms with Gasteiger partial charge in [-0.2, -0.15) is 0 Å². The van der Waals surface area contributed by atoms with E-state index in [1.54, 1.807) is 0 Å². The first-order chi connectivity index (χ1) is 14.0. The number of anilines is 1. The quantitative estimate of drug-likeness (QED) is 0.509. The van der Waals surface area contributed by atoms with Crippen LogP contribution in [0.25, 0.3) is 0 Å². The molecule has 0 aliphatic carbocycles. The number of benzene rings is 2. The Morgan fingerprint density at radius 1 is 1.13 bits per heavy atom. The molecule has 1 saturated heterocycles. The van der Waals surface area contributed by atoms with Gasteiger partial charge in [-0.1, -0.05) is 29.8 Å². The van der Waals surface area contributed by atoms with E-state index in [9.17, 15) is 14.7 Å². The van der Waals surface area contributed by atoms with Crippen LogP contribution in [0.5, 0.6) is 5.75 Å². The van der Waals surface area contributed by atoms with Crippen molar-refractivity contribution in [2.24, 2.45) is 0 Å². The smallest absolute Gasteiger partial charge is 0.262 e. The number of halogens is 1. The molecule has 3 rings (SSSR count). The molecule has 30 heavy (non-hydrogen) atoms. The van der Waals surface area contributed by atoms with Gasteiger partial charge in [0.2, 0.25) is 5.91 Å². The van der Waals surface area contributed by atoms with Gasteiger partial charge in [0, 0.05) is 18.8 Å². The Hall–Kier alpha value is -2.61. The minimum absolute atomic E-state index is 0. The maximum atomic E-state index is 12.0. The number of aliphatic hydroxyl groups is 1. The van der Waals surface area contributed by atoms with Crippen molar-refractivity contribution in [3.05, 3.63) is 59.7 Å². The van der Waals surface area contributed by atoms with Gasteiger partial charge in [0.1, 0.15) is 5.75 Å². The molecular formula is C22H28ClN3O4. The van der Waals surface area contributed by atoms with Crippen LogP contribution in [0.3, 0.4) is 0 Å². The average Bonchev–Trinajstić information content (AvgIpc) is 3.15. The Morgan fingerprint density at radius 3 is 2.47 bits per heavy atom. The van der Waals surface area contributed by atoms with E-state index in [2.05, 4.69) is 16.0 Å². The third-order valence-corrected chi connectivity index (χ3v) is 4.77. The number of hydrogen-bond donors (Lipinski definition) is 4. The molecule has 2 unspecified atom stereocenters. The minimum Gasteiger partial charge on any atom is -0.484 e. The van der Waals surface area contributed by atoms with E-state index in [-0.39, 0.29) is 36.9 Å². The standard InChI is InChI=1S/C22H27N3O4.ClH/c1-15-2-6-17(7-3-15)25-21(27)14-29-19-8-4-16(5-9-19)10-11-23-22(28)20-12-18(26)13-24-20;/h2-9,18,20,24,26H,10-14H2,1H3,(H,23,28)(H,25,27);1H. The molecule has 0 aromatic heterocycles. The molecule has 0 spiro atoms. The number of rotatable bonds is 8. The second kappa shape index (κ2) is 11.5. The lowest BCUT2D eigenvalue weighted by Crippen LogP contribution is -2.41. The molecule has 1 fully saturated rings. The summed E-state index contributed by atoms with van der Waals surface area (Å²) >= 11 is 0. The van der Waals surface area contributed by atoms with Crippen molar-refractivity contribution in [1.82, 2.24) is 10.6 Å². The summed E-state index contributed by atoms with van der Waals surface area (Å²) in [7, 11) is 0. The summed E-state index contributed by atoms with van der Waals surface area (Å²) in [5.41, 5.74) is 2.93. The maximum Gasteiger partial charge on any atom is 0.262 e. The zero-order valence-corrected chi connectivity index (χ0v) is 17.7. The van der Waals surface area contributed by atoms with E-state index in [0.717, 1.165) is 16.8 Å². The zero-order chi connectivity index (χ0) is 20.6. The summed E-state index contributed by atoms with van der Waals surface area (Å²) in [5, 5.41) is 18.1. The second-order valence-corrected chi connectivity index (χ2v) is 7.24. The Kier molecular flexibility index (Phi) is 9.11. The van der Waals surface area contributed by atoms with Crippen molar-refractivity contribution in [2.45, 2.75) is 31.9 Å². The van der Waals surface area contributed by atoms with Crippen LogP contribution >= 0.6 is 12.4 Å². The maximum absolute atomic E-state index is 12.0. The molecule has 1 heterocycles. The van der Waals surface area contributed by atoms with Gasteiger partial charge in [-0.15, -0.1) is 12.4 Å². The average molecular weight is 434 g/mol. The Balaban J connectivity index is 0.00000320. The van der Waals surface area contributed by atoms with Crippen LogP contribution in [0.15, 0.2) is 48.5 Å². The van der Waals surface area contributed by atoms with E-state index < -0.39 is 6.10 Å². The highest BCUT2D eigenvalue weighted by atomic mass is 35.5. The van der Waals surface area contributed by atoms with Gasteiger partial charge in [0.25, 0.3) is 5.91 Å². The highest BCUT2D eigenvalue weighted by Gasteiger charge is 2.27. The molecule has 162 valence electrons. The predicted octanol–water partition coefficient (Wildman–Crippen LogP) is 1.82. The Morgan fingerprint density at radius 2 is 1.83 bits per heavy atom. The molecule has 0 radical (unpaired) electrons. The first-order valence-corrected chi connectivity index (χ1v) is 9.77. The normalized spacial score (nSPS) is 17.7. The lowest BCUT2D eigenvalue weighted by Gasteiger charge is -2.11. The number of carbonyl (C=O) groups excluding carboxylic acids is 2. The number of β-amino-alcohol motifs (C(OH)–C–C–N with tert-alkyl or cyclic N) is 1. The van der Waals surface area contributed by atoms with Crippen molar-refractivity contribution in [1.29, 1.82) is 0 Å². The zero-order valence-electron chi connectivity index (χ0n) is 16.9. The summed E-state index contributed by atoms with van der Waals surface area (Å²) < 4.78 is 5.53. The number of hydrogen-bond acceptors (Lipinski definition) is 5. The van der Waals surface area contributed by atoms with Crippen LogP contribution in [0.1, 0.15) is 17.5 Å². The molecule has 2 aromatic carbocycles. The molecule has 0 saturated carbocycles. The van der Waals surface area contributed by atoms with Gasteiger partial charge in [0.15, 0.2) is 6.61 Å². The Bertz CT molecular complexity index is 827. The van der Waals surface area contributed by atoms with E-state index in [4.69, 9.17) is 4.74 Å². The highest BCUT2D eigenvalue weighted by molar-refractivity contribution is 5.91. The first kappa shape index (κ1) is 23.7. The summed E-state index contributed by atoms with van der Waals surface area (Å²) in [6, 6.07) is 14.7. The van der Waals surface area contributed by atoms with E-state index >= 15 is 0 Å². The van der Waals surface area contributed by atoms with Crippen LogP contribution in [0.2, 0.25) is 0 Å². The SMILES string of the molecule is Cc1ccc(NC(=O)COc2ccc(CCNC(=O)C3CC(O)CN3)cc2)cc1.Cl. The lowest BCUT2D eigenvalue weighted by molar-refractivity contribution is -0.123. The van der Waals surface area contributed by atoms with E-state index in [0.29, 0.717) is 31.7 Å². The number of aliphatic hydroxyl groups excluding tert-OH is 1. The van der Waals surface area contributed by atoms with Gasteiger partial charge in [-0.05, 0) is 49.6 Å². The molecule has 2 atom stereocenters. The highest BCUT2D eigenvalue weighted by Crippen LogP contribution is 2.13. The Labute approximate surface area is 182 Å². The van der Waals surface area contributed by atoms with Gasteiger partial charge >= 0.3 is 0 Å². The largest absolute Gasteiger partial charge is 0.484 e. The summed E-state index contributed by atoms with van der Waals surface area (Å²) in [4.78, 5) is 24.0. The van der Waals surface area contributed by atoms with Crippen LogP contribution in [-0.4, -0.2) is 48.8 Å². The number of amides is 2. The van der Waals surface area contributed by atoms with Gasteiger partial charge in [-0.25, -0.2) is 0 Å². The second-order valence-electron chi connectivity index (χ2n) is 7.24. The first-order valence-electron chi connectivity index (χ1n) is 9.77. The van der Waals surface area contributed by atoms with Crippen LogP contribution in [0, 0.1) is 6.92 Å². The van der Waals surface area contributed by atoms with Crippen molar-refractivity contribution in [3.8, 4) is 5.75 Å². The molecule has 0 bridgehead atoms. The van der Waals surface area contributed by atoms with Crippen LogP contribution < -0.4 is 20.7 Å². The van der Waals surface area contributed by atoms with Gasteiger partial charge in [0.05, 0.1) is 12.1 Å². The lowest BCUT2D eigenvalue weighted by atomic mass is 10.1. The molecule has 8 heteroatoms. The third kappa shape index (κ3) is 7.33. The number of aryl methyl sites for hydroxylation is 1. The monoisotopic (exact) mass is 433 g/mol. The fourth-order valence-corrected chi connectivity index (χ4v) is 3.11. The van der Waals surface area contributed by atoms with Crippen molar-refractivity contribution >= 4 is 29.9 Å². The molecular weight excluding hydrogens is 406 g/mol. The van der Waals surface area contributed by atoms with Crippen LogP contribution in [0.4, 0.5) is 5.69 Å². The topological polar surface area (TPSA) is 99.7 Å². The molecule has 1 aliphatic rings. The van der Waals surface area contributed by atoms with Crippen LogP contribution in [-0.2, 0) is 16.0 Å². The van der Waals surface area contributed by atoms with Gasteiger partial charge < -0.3 is 25.8 Å². The molecule has 1 aliphatic heterocycles. The van der Waals surface area contributed by atoms with Crippen molar-refractivity contribution in [2.75, 3.05) is 25.0 Å². The third-order valence-electron chi connectivity index (χ3n) is 4.77. The molecule has 2 amide bonds. The fraction of sp³-hybridized carbons (Fsp3) is 0.364. The summed E-state index contributed by atoms with van der Waals surface area (Å²) in [6.45, 7) is 2.91. The fourth-order valence-electron chi connectivity index (χ4n) is 3.11. The van der Waals surface area contributed by atoms with Crippen molar-refractivity contribution < 1.29 is 19.4 Å². The summed E-state index contributed by atoms with van der Waals surface area (Å²) in [6.07, 6.45) is 0.696. The number of ether oxygens (including phenoxy) is 1. The van der Waals surface area contributed by atoms with E-state index in [1.165, 1.54) is 0 Å². The summed E-state index contributed by atoms with van der Waals surface area (Å²) in [5.74, 6) is 0.313. The predicted molar refractivity (Wildman–Crippen MR) is 118 cm³/mol. The molecule has 7 nitrogen and oxygen atoms in total. The minimum atomic E-state index is -0.447. The molecule has 2 aromatic rings. The van der Waals surface area contributed by atoms with Gasteiger partial charge in [-0.3, -0.25) is 9.59 Å². The van der Waals surface area contributed by atoms with Crippen molar-refractivity contribution in [3.63, 3.8) is 0 Å². The number of nitrogens with one attached hydrogen (secondary N) is 3. The van der Waals surface area contributed by atoms with E-state index in [1.807, 2.05) is 55.5 Å². The number of carbonyl (C=O) groups is 2.